The molecule has 2 aliphatic heterocycles. The number of rotatable bonds is 5. The summed E-state index contributed by atoms with van der Waals surface area (Å²) in [4.78, 5) is 31.3. The van der Waals surface area contributed by atoms with Gasteiger partial charge in [0.1, 0.15) is 17.4 Å². The molecular formula is C31H32N8O2. The number of nitrogens with two attached hydrogens (primary N) is 1. The molecule has 4 N–H and O–H groups in total. The third kappa shape index (κ3) is 4.40. The molecule has 2 aromatic carbocycles. The molecule has 0 spiro atoms. The quantitative estimate of drug-likeness (QED) is 0.305. The topological polar surface area (TPSA) is 124 Å². The molecule has 2 aliphatic rings. The Hall–Kier alpha value is -4.70. The summed E-state index contributed by atoms with van der Waals surface area (Å²) in [5, 5.41) is 10.9. The number of amides is 1. The Bertz CT molecular complexity index is 1790. The molecule has 1 amide bonds. The molecule has 0 aliphatic carbocycles. The van der Waals surface area contributed by atoms with Crippen molar-refractivity contribution in [3.8, 4) is 16.8 Å². The summed E-state index contributed by atoms with van der Waals surface area (Å²) in [6, 6.07) is 19.3. The number of nitrogens with zero attached hydrogens (tertiary/aromatic N) is 5. The van der Waals surface area contributed by atoms with Gasteiger partial charge < -0.3 is 16.4 Å². The van der Waals surface area contributed by atoms with Crippen molar-refractivity contribution in [2.75, 3.05) is 24.1 Å². The lowest BCUT2D eigenvalue weighted by molar-refractivity contribution is 0.102. The number of nitrogens with one attached hydrogen (secondary N) is 2. The predicted molar refractivity (Wildman–Crippen MR) is 159 cm³/mol. The molecule has 0 saturated carbocycles. The molecule has 0 bridgehead atoms. The number of aromatic nitrogens is 5. The summed E-state index contributed by atoms with van der Waals surface area (Å²) in [6.07, 6.45) is 6.19. The Morgan fingerprint density at radius 2 is 1.80 bits per heavy atom. The number of fused-ring (bicyclic) bond motifs is 2. The number of nitrogen functional groups attached to an aromatic ring is 1. The van der Waals surface area contributed by atoms with E-state index in [9.17, 15) is 9.59 Å². The minimum atomic E-state index is -0.386. The van der Waals surface area contributed by atoms with Crippen LogP contribution in [0.3, 0.4) is 0 Å². The highest BCUT2D eigenvalue weighted by molar-refractivity contribution is 6.05. The van der Waals surface area contributed by atoms with Gasteiger partial charge in [0.05, 0.1) is 11.4 Å². The first kappa shape index (κ1) is 25.3. The molecule has 5 aromatic rings. The number of anilines is 2. The summed E-state index contributed by atoms with van der Waals surface area (Å²) in [6.45, 7) is 2.66. The largest absolute Gasteiger partial charge is 0.382 e. The molecule has 41 heavy (non-hydrogen) atoms. The molecule has 10 nitrogen and oxygen atoms in total. The highest BCUT2D eigenvalue weighted by atomic mass is 16.2. The van der Waals surface area contributed by atoms with Crippen molar-refractivity contribution in [3.63, 3.8) is 0 Å². The molecule has 10 heteroatoms. The standard InChI is InChI=1S/C31H32N8O2/c32-29-28-24(18-26(38(28)35-19-34-29)21-13-15-33-16-14-21)20-9-11-22(12-10-20)36-30(40)27-25-8-4-5-17-37(25)39(31(27)41)23-6-2-1-3-7-23/h1-3,6-7,9-12,18-19,21,33H,4-5,8,13-17H2,(H,36,40)(H2,32,34,35). The van der Waals surface area contributed by atoms with Crippen LogP contribution < -0.4 is 21.9 Å². The first-order valence-electron chi connectivity index (χ1n) is 14.2. The maximum absolute atomic E-state index is 13.6. The average Bonchev–Trinajstić information content (AvgIpc) is 3.54. The van der Waals surface area contributed by atoms with E-state index in [-0.39, 0.29) is 17.0 Å². The van der Waals surface area contributed by atoms with Gasteiger partial charge >= 0.3 is 0 Å². The van der Waals surface area contributed by atoms with Gasteiger partial charge in [-0.15, -0.1) is 0 Å². The van der Waals surface area contributed by atoms with Gasteiger partial charge in [0.2, 0.25) is 0 Å². The molecule has 1 fully saturated rings. The lowest BCUT2D eigenvalue weighted by Crippen LogP contribution is -2.27. The van der Waals surface area contributed by atoms with Crippen LogP contribution in [0.5, 0.6) is 0 Å². The number of benzene rings is 2. The Morgan fingerprint density at radius 3 is 2.59 bits per heavy atom. The molecular weight excluding hydrogens is 516 g/mol. The van der Waals surface area contributed by atoms with Crippen LogP contribution >= 0.6 is 0 Å². The van der Waals surface area contributed by atoms with E-state index in [1.54, 1.807) is 4.68 Å². The Labute approximate surface area is 236 Å². The number of hydrogen-bond donors (Lipinski definition) is 3. The summed E-state index contributed by atoms with van der Waals surface area (Å²) in [5.41, 5.74) is 12.3. The Kier molecular flexibility index (Phi) is 6.39. The Balaban J connectivity index is 1.20. The molecule has 1 saturated heterocycles. The van der Waals surface area contributed by atoms with Crippen LogP contribution in [0.1, 0.15) is 53.3 Å². The van der Waals surface area contributed by atoms with Crippen LogP contribution in [0.25, 0.3) is 22.3 Å². The summed E-state index contributed by atoms with van der Waals surface area (Å²) < 4.78 is 5.53. The molecule has 3 aromatic heterocycles. The molecule has 7 rings (SSSR count). The first-order chi connectivity index (χ1) is 20.1. The van der Waals surface area contributed by atoms with E-state index < -0.39 is 0 Å². The van der Waals surface area contributed by atoms with Crippen molar-refractivity contribution in [1.82, 2.24) is 29.3 Å². The minimum Gasteiger partial charge on any atom is -0.382 e. The van der Waals surface area contributed by atoms with Crippen LogP contribution in [0.2, 0.25) is 0 Å². The smallest absolute Gasteiger partial charge is 0.284 e. The fourth-order valence-corrected chi connectivity index (χ4v) is 6.33. The zero-order valence-corrected chi connectivity index (χ0v) is 22.7. The lowest BCUT2D eigenvalue weighted by atomic mass is 9.94. The van der Waals surface area contributed by atoms with E-state index in [0.29, 0.717) is 30.4 Å². The second-order valence-corrected chi connectivity index (χ2v) is 10.8. The van der Waals surface area contributed by atoms with Gasteiger partial charge in [-0.2, -0.15) is 5.10 Å². The van der Waals surface area contributed by atoms with Crippen LogP contribution in [-0.4, -0.2) is 43.0 Å². The average molecular weight is 549 g/mol. The third-order valence-corrected chi connectivity index (χ3v) is 8.33. The summed E-state index contributed by atoms with van der Waals surface area (Å²) >= 11 is 0. The van der Waals surface area contributed by atoms with Crippen LogP contribution in [-0.2, 0) is 13.0 Å². The van der Waals surface area contributed by atoms with Crippen molar-refractivity contribution >= 4 is 22.9 Å². The van der Waals surface area contributed by atoms with Crippen molar-refractivity contribution in [2.45, 2.75) is 44.6 Å². The zero-order valence-electron chi connectivity index (χ0n) is 22.7. The predicted octanol–water partition coefficient (Wildman–Crippen LogP) is 3.99. The highest BCUT2D eigenvalue weighted by Crippen LogP contribution is 2.36. The van der Waals surface area contributed by atoms with E-state index >= 15 is 0 Å². The maximum Gasteiger partial charge on any atom is 0.284 e. The molecule has 5 heterocycles. The van der Waals surface area contributed by atoms with E-state index in [4.69, 9.17) is 5.73 Å². The monoisotopic (exact) mass is 548 g/mol. The molecule has 0 unspecified atom stereocenters. The van der Waals surface area contributed by atoms with Crippen molar-refractivity contribution in [3.05, 3.63) is 94.3 Å². The van der Waals surface area contributed by atoms with Gasteiger partial charge in [-0.05, 0) is 81.1 Å². The molecule has 0 atom stereocenters. The van der Waals surface area contributed by atoms with Crippen molar-refractivity contribution < 1.29 is 4.79 Å². The van der Waals surface area contributed by atoms with Gasteiger partial charge in [0.25, 0.3) is 11.5 Å². The minimum absolute atomic E-state index is 0.215. The number of para-hydroxylation sites is 1. The van der Waals surface area contributed by atoms with E-state index in [0.717, 1.165) is 72.5 Å². The van der Waals surface area contributed by atoms with Crippen molar-refractivity contribution in [1.29, 1.82) is 0 Å². The second-order valence-electron chi connectivity index (χ2n) is 10.8. The fraction of sp³-hybridized carbons (Fsp3) is 0.290. The number of carbonyl (C=O) groups is 1. The highest BCUT2D eigenvalue weighted by Gasteiger charge is 2.28. The summed E-state index contributed by atoms with van der Waals surface area (Å²) in [5.74, 6) is 0.433. The number of hydrogen-bond acceptors (Lipinski definition) is 6. The fourth-order valence-electron chi connectivity index (χ4n) is 6.33. The first-order valence-corrected chi connectivity index (χ1v) is 14.2. The van der Waals surface area contributed by atoms with Gasteiger partial charge in [-0.25, -0.2) is 14.2 Å². The number of carbonyl (C=O) groups excluding carboxylic acids is 1. The van der Waals surface area contributed by atoms with E-state index in [2.05, 4.69) is 26.8 Å². The molecule has 0 radical (unpaired) electrons. The van der Waals surface area contributed by atoms with Gasteiger partial charge in [0, 0.05) is 29.4 Å². The maximum atomic E-state index is 13.6. The van der Waals surface area contributed by atoms with Crippen LogP contribution in [0, 0.1) is 0 Å². The molecule has 208 valence electrons. The third-order valence-electron chi connectivity index (χ3n) is 8.33. The van der Waals surface area contributed by atoms with Gasteiger partial charge in [0.15, 0.2) is 5.82 Å². The van der Waals surface area contributed by atoms with Crippen LogP contribution in [0.15, 0.2) is 71.8 Å². The lowest BCUT2D eigenvalue weighted by Gasteiger charge is -2.22. The van der Waals surface area contributed by atoms with E-state index in [1.807, 2.05) is 63.8 Å². The van der Waals surface area contributed by atoms with Gasteiger partial charge in [-0.1, -0.05) is 30.3 Å². The Morgan fingerprint density at radius 1 is 1.02 bits per heavy atom. The SMILES string of the molecule is Nc1ncnn2c(C3CCNCC3)cc(-c3ccc(NC(=O)c4c5n(n(-c6ccccc6)c4=O)CCCC5)cc3)c12. The zero-order chi connectivity index (χ0) is 27.9. The van der Waals surface area contributed by atoms with Gasteiger partial charge in [-0.3, -0.25) is 14.3 Å². The van der Waals surface area contributed by atoms with Crippen LogP contribution in [0.4, 0.5) is 11.5 Å². The second kappa shape index (κ2) is 10.4. The van der Waals surface area contributed by atoms with Crippen molar-refractivity contribution in [2.24, 2.45) is 0 Å². The number of piperidine rings is 1. The summed E-state index contributed by atoms with van der Waals surface area (Å²) in [7, 11) is 0. The normalized spacial score (nSPS) is 15.6. The van der Waals surface area contributed by atoms with E-state index in [1.165, 1.54) is 6.33 Å².